The van der Waals surface area contributed by atoms with E-state index in [-0.39, 0.29) is 0 Å². The van der Waals surface area contributed by atoms with E-state index in [4.69, 9.17) is 4.74 Å². The molecule has 2 nitrogen and oxygen atoms in total. The molecule has 0 aliphatic carbocycles. The molecule has 0 radical (unpaired) electrons. The normalized spacial score (nSPS) is 12.9. The van der Waals surface area contributed by atoms with Crippen molar-refractivity contribution in [2.75, 3.05) is 20.3 Å². The van der Waals surface area contributed by atoms with Crippen molar-refractivity contribution in [2.45, 2.75) is 39.2 Å². The molecule has 1 atom stereocenters. The van der Waals surface area contributed by atoms with Crippen molar-refractivity contribution < 1.29 is 4.74 Å². The van der Waals surface area contributed by atoms with E-state index in [9.17, 15) is 0 Å². The van der Waals surface area contributed by atoms with Crippen molar-refractivity contribution in [3.05, 3.63) is 34.3 Å². The summed E-state index contributed by atoms with van der Waals surface area (Å²) in [4.78, 5) is 0. The molecular formula is C16H26BrNO. The molecule has 0 bridgehead atoms. The van der Waals surface area contributed by atoms with Crippen molar-refractivity contribution >= 4 is 15.9 Å². The lowest BCUT2D eigenvalue weighted by Crippen LogP contribution is -2.30. The summed E-state index contributed by atoms with van der Waals surface area (Å²) >= 11 is 3.64. The van der Waals surface area contributed by atoms with Gasteiger partial charge in [-0.1, -0.05) is 48.0 Å². The molecule has 1 rings (SSSR count). The SMILES string of the molecule is COCCCC(CNC(C)C)Cc1ccccc1Br. The molecule has 0 spiro atoms. The molecular weight excluding hydrogens is 302 g/mol. The van der Waals surface area contributed by atoms with Gasteiger partial charge in [-0.2, -0.15) is 0 Å². The van der Waals surface area contributed by atoms with E-state index in [1.165, 1.54) is 16.5 Å². The second-order valence-electron chi connectivity index (χ2n) is 5.36. The van der Waals surface area contributed by atoms with Gasteiger partial charge in [0.1, 0.15) is 0 Å². The van der Waals surface area contributed by atoms with Crippen LogP contribution in [0, 0.1) is 5.92 Å². The molecule has 108 valence electrons. The van der Waals surface area contributed by atoms with Crippen molar-refractivity contribution in [3.8, 4) is 0 Å². The molecule has 19 heavy (non-hydrogen) atoms. The lowest BCUT2D eigenvalue weighted by molar-refractivity contribution is 0.186. The first kappa shape index (κ1) is 16.7. The first-order valence-corrected chi connectivity index (χ1v) is 7.88. The highest BCUT2D eigenvalue weighted by atomic mass is 79.9. The van der Waals surface area contributed by atoms with E-state index in [0.29, 0.717) is 12.0 Å². The van der Waals surface area contributed by atoms with Crippen LogP contribution < -0.4 is 5.32 Å². The summed E-state index contributed by atoms with van der Waals surface area (Å²) < 4.78 is 6.38. The molecule has 0 aliphatic heterocycles. The van der Waals surface area contributed by atoms with Gasteiger partial charge in [0, 0.05) is 24.2 Å². The molecule has 0 aliphatic rings. The van der Waals surface area contributed by atoms with Gasteiger partial charge < -0.3 is 10.1 Å². The Hall–Kier alpha value is -0.380. The number of halogens is 1. The van der Waals surface area contributed by atoms with Crippen LogP contribution in [0.1, 0.15) is 32.3 Å². The van der Waals surface area contributed by atoms with Gasteiger partial charge in [0.15, 0.2) is 0 Å². The largest absolute Gasteiger partial charge is 0.385 e. The minimum absolute atomic E-state index is 0.545. The third-order valence-corrected chi connectivity index (χ3v) is 4.02. The molecule has 1 N–H and O–H groups in total. The summed E-state index contributed by atoms with van der Waals surface area (Å²) in [6.07, 6.45) is 3.45. The average Bonchev–Trinajstić information content (AvgIpc) is 2.38. The quantitative estimate of drug-likeness (QED) is 0.691. The Morgan fingerprint density at radius 1 is 1.26 bits per heavy atom. The first-order chi connectivity index (χ1) is 9.13. The van der Waals surface area contributed by atoms with Gasteiger partial charge >= 0.3 is 0 Å². The zero-order chi connectivity index (χ0) is 14.1. The van der Waals surface area contributed by atoms with Crippen LogP contribution in [-0.4, -0.2) is 26.3 Å². The lowest BCUT2D eigenvalue weighted by Gasteiger charge is -2.20. The number of benzene rings is 1. The monoisotopic (exact) mass is 327 g/mol. The third kappa shape index (κ3) is 7.09. The number of nitrogens with one attached hydrogen (secondary N) is 1. The molecule has 0 saturated carbocycles. The van der Waals surface area contributed by atoms with E-state index < -0.39 is 0 Å². The third-order valence-electron chi connectivity index (χ3n) is 3.24. The maximum Gasteiger partial charge on any atom is 0.0462 e. The van der Waals surface area contributed by atoms with E-state index in [0.717, 1.165) is 26.0 Å². The summed E-state index contributed by atoms with van der Waals surface area (Å²) in [7, 11) is 1.77. The number of hydrogen-bond acceptors (Lipinski definition) is 2. The topological polar surface area (TPSA) is 21.3 Å². The highest BCUT2D eigenvalue weighted by molar-refractivity contribution is 9.10. The number of methoxy groups -OCH3 is 1. The van der Waals surface area contributed by atoms with Crippen molar-refractivity contribution in [3.63, 3.8) is 0 Å². The maximum absolute atomic E-state index is 5.16. The first-order valence-electron chi connectivity index (χ1n) is 7.09. The molecule has 3 heteroatoms. The Balaban J connectivity index is 2.54. The summed E-state index contributed by atoms with van der Waals surface area (Å²) in [5.74, 6) is 0.663. The summed E-state index contributed by atoms with van der Waals surface area (Å²) in [6.45, 7) is 6.33. The number of ether oxygens (including phenoxy) is 1. The highest BCUT2D eigenvalue weighted by Gasteiger charge is 2.12. The molecule has 0 amide bonds. The van der Waals surface area contributed by atoms with Crippen molar-refractivity contribution in [1.82, 2.24) is 5.32 Å². The van der Waals surface area contributed by atoms with Gasteiger partial charge in [0.25, 0.3) is 0 Å². The van der Waals surface area contributed by atoms with Crippen LogP contribution in [0.2, 0.25) is 0 Å². The van der Waals surface area contributed by atoms with Gasteiger partial charge in [-0.3, -0.25) is 0 Å². The molecule has 1 aromatic carbocycles. The lowest BCUT2D eigenvalue weighted by atomic mass is 9.94. The zero-order valence-electron chi connectivity index (χ0n) is 12.3. The fourth-order valence-electron chi connectivity index (χ4n) is 2.17. The molecule has 0 heterocycles. The Morgan fingerprint density at radius 3 is 2.63 bits per heavy atom. The fourth-order valence-corrected chi connectivity index (χ4v) is 2.62. The van der Waals surface area contributed by atoms with Crippen molar-refractivity contribution in [2.24, 2.45) is 5.92 Å². The summed E-state index contributed by atoms with van der Waals surface area (Å²) in [6, 6.07) is 9.06. The van der Waals surface area contributed by atoms with Crippen LogP contribution in [0.5, 0.6) is 0 Å². The van der Waals surface area contributed by atoms with Crippen LogP contribution in [0.25, 0.3) is 0 Å². The number of rotatable bonds is 9. The Morgan fingerprint density at radius 2 is 2.00 bits per heavy atom. The zero-order valence-corrected chi connectivity index (χ0v) is 13.9. The summed E-state index contributed by atoms with van der Waals surface area (Å²) in [5.41, 5.74) is 1.40. The van der Waals surface area contributed by atoms with E-state index in [1.54, 1.807) is 7.11 Å². The second kappa shape index (κ2) is 9.51. The molecule has 0 saturated heterocycles. The van der Waals surface area contributed by atoms with E-state index in [1.807, 2.05) is 0 Å². The van der Waals surface area contributed by atoms with Gasteiger partial charge in [0.2, 0.25) is 0 Å². The standard InChI is InChI=1S/C16H26BrNO/c1-13(2)18-12-14(7-6-10-19-3)11-15-8-4-5-9-16(15)17/h4-5,8-9,13-14,18H,6-7,10-12H2,1-3H3. The fraction of sp³-hybridized carbons (Fsp3) is 0.625. The molecule has 0 aromatic heterocycles. The van der Waals surface area contributed by atoms with E-state index >= 15 is 0 Å². The van der Waals surface area contributed by atoms with Gasteiger partial charge in [0.05, 0.1) is 0 Å². The van der Waals surface area contributed by atoms with Gasteiger partial charge in [-0.05, 0) is 43.4 Å². The average molecular weight is 328 g/mol. The Labute approximate surface area is 126 Å². The van der Waals surface area contributed by atoms with E-state index in [2.05, 4.69) is 59.4 Å². The minimum atomic E-state index is 0.545. The Bertz CT molecular complexity index is 354. The molecule has 1 unspecified atom stereocenters. The van der Waals surface area contributed by atoms with Gasteiger partial charge in [-0.25, -0.2) is 0 Å². The second-order valence-corrected chi connectivity index (χ2v) is 6.21. The maximum atomic E-state index is 5.16. The minimum Gasteiger partial charge on any atom is -0.385 e. The summed E-state index contributed by atoms with van der Waals surface area (Å²) in [5, 5.41) is 3.56. The van der Waals surface area contributed by atoms with Crippen molar-refractivity contribution in [1.29, 1.82) is 0 Å². The molecule has 0 fully saturated rings. The van der Waals surface area contributed by atoms with Crippen LogP contribution in [0.15, 0.2) is 28.7 Å². The predicted octanol–water partition coefficient (Wildman–Crippen LogP) is 4.03. The number of hydrogen-bond donors (Lipinski definition) is 1. The molecule has 1 aromatic rings. The van der Waals surface area contributed by atoms with Gasteiger partial charge in [-0.15, -0.1) is 0 Å². The smallest absolute Gasteiger partial charge is 0.0462 e. The van der Waals surface area contributed by atoms with Crippen LogP contribution in [0.3, 0.4) is 0 Å². The Kier molecular flexibility index (Phi) is 8.35. The van der Waals surface area contributed by atoms with Crippen LogP contribution >= 0.6 is 15.9 Å². The highest BCUT2D eigenvalue weighted by Crippen LogP contribution is 2.21. The van der Waals surface area contributed by atoms with Crippen LogP contribution in [-0.2, 0) is 11.2 Å². The predicted molar refractivity (Wildman–Crippen MR) is 85.6 cm³/mol. The van der Waals surface area contributed by atoms with Crippen LogP contribution in [0.4, 0.5) is 0 Å².